The number of carboxylic acid groups (broad SMARTS) is 1. The standard InChI is InChI=1S/C9H21N3O2Si.2ClH/c1-7(10)12-6-15(2,3)5-4-8(11)9(13)14;;/h8H,4-6,11H2,1-3H3,(H2,10,12)(H,13,14);2*1H/t8-;;/m0../s1. The molecule has 1 atom stereocenters. The zero-order chi connectivity index (χ0) is 12.1. The average Bonchev–Trinajstić information content (AvgIpc) is 2.11. The van der Waals surface area contributed by atoms with E-state index in [4.69, 9.17) is 16.6 Å². The van der Waals surface area contributed by atoms with Crippen molar-refractivity contribution in [2.24, 2.45) is 16.5 Å². The van der Waals surface area contributed by atoms with Crippen molar-refractivity contribution in [2.75, 3.05) is 6.17 Å². The molecule has 0 radical (unpaired) electrons. The molecule has 8 heteroatoms. The van der Waals surface area contributed by atoms with Gasteiger partial charge in [-0.1, -0.05) is 19.1 Å². The average molecular weight is 304 g/mol. The summed E-state index contributed by atoms with van der Waals surface area (Å²) in [5, 5.41) is 8.64. The van der Waals surface area contributed by atoms with Crippen LogP contribution in [0.4, 0.5) is 0 Å². The Morgan fingerprint density at radius 1 is 1.41 bits per heavy atom. The van der Waals surface area contributed by atoms with Gasteiger partial charge in [-0.2, -0.15) is 0 Å². The summed E-state index contributed by atoms with van der Waals surface area (Å²) in [4.78, 5) is 14.7. The molecule has 0 fully saturated rings. The highest BCUT2D eigenvalue weighted by molar-refractivity contribution is 6.77. The summed E-state index contributed by atoms with van der Waals surface area (Å²) in [5.74, 6) is -0.351. The van der Waals surface area contributed by atoms with Crippen LogP contribution in [-0.4, -0.2) is 37.2 Å². The smallest absolute Gasteiger partial charge is 0.320 e. The number of hydrogen-bond acceptors (Lipinski definition) is 3. The maximum Gasteiger partial charge on any atom is 0.320 e. The van der Waals surface area contributed by atoms with Gasteiger partial charge >= 0.3 is 5.97 Å². The number of nitrogens with two attached hydrogens (primary N) is 2. The lowest BCUT2D eigenvalue weighted by Crippen LogP contribution is -2.36. The zero-order valence-corrected chi connectivity index (χ0v) is 13.1. The van der Waals surface area contributed by atoms with E-state index in [1.165, 1.54) is 0 Å². The molecule has 0 saturated heterocycles. The van der Waals surface area contributed by atoms with Gasteiger partial charge in [-0.15, -0.1) is 24.8 Å². The highest BCUT2D eigenvalue weighted by atomic mass is 35.5. The van der Waals surface area contributed by atoms with Crippen LogP contribution in [0.25, 0.3) is 0 Å². The molecule has 104 valence electrons. The molecular weight excluding hydrogens is 281 g/mol. The first-order chi connectivity index (χ1) is 6.74. The topological polar surface area (TPSA) is 102 Å². The Hall–Kier alpha value is -0.303. The van der Waals surface area contributed by atoms with Crippen molar-refractivity contribution >= 4 is 44.7 Å². The summed E-state index contributed by atoms with van der Waals surface area (Å²) in [5.41, 5.74) is 10.9. The lowest BCUT2D eigenvalue weighted by atomic mass is 10.2. The molecule has 0 amide bonds. The highest BCUT2D eigenvalue weighted by Crippen LogP contribution is 2.13. The lowest BCUT2D eigenvalue weighted by molar-refractivity contribution is -0.138. The van der Waals surface area contributed by atoms with Crippen LogP contribution in [0, 0.1) is 0 Å². The molecule has 0 bridgehead atoms. The van der Waals surface area contributed by atoms with E-state index in [2.05, 4.69) is 18.1 Å². The number of halogens is 2. The fourth-order valence-electron chi connectivity index (χ4n) is 1.09. The van der Waals surface area contributed by atoms with Gasteiger partial charge in [-0.3, -0.25) is 9.79 Å². The van der Waals surface area contributed by atoms with E-state index < -0.39 is 20.1 Å². The fourth-order valence-corrected chi connectivity index (χ4v) is 3.02. The van der Waals surface area contributed by atoms with E-state index in [9.17, 15) is 4.79 Å². The van der Waals surface area contributed by atoms with Gasteiger partial charge in [0, 0.05) is 6.17 Å². The van der Waals surface area contributed by atoms with Gasteiger partial charge in [0.15, 0.2) is 0 Å². The Bertz CT molecular complexity index is 259. The largest absolute Gasteiger partial charge is 0.480 e. The Morgan fingerprint density at radius 3 is 2.24 bits per heavy atom. The minimum absolute atomic E-state index is 0. The van der Waals surface area contributed by atoms with Crippen molar-refractivity contribution in [3.05, 3.63) is 0 Å². The predicted octanol–water partition coefficient (Wildman–Crippen LogP) is 1.26. The summed E-state index contributed by atoms with van der Waals surface area (Å²) in [7, 11) is -1.49. The molecule has 0 unspecified atom stereocenters. The van der Waals surface area contributed by atoms with Crippen molar-refractivity contribution in [3.63, 3.8) is 0 Å². The molecule has 17 heavy (non-hydrogen) atoms. The normalized spacial score (nSPS) is 13.3. The van der Waals surface area contributed by atoms with Gasteiger partial charge in [-0.05, 0) is 13.3 Å². The molecule has 0 rings (SSSR count). The van der Waals surface area contributed by atoms with Crippen LogP contribution in [0.3, 0.4) is 0 Å². The predicted molar refractivity (Wildman–Crippen MR) is 79.2 cm³/mol. The number of rotatable bonds is 6. The minimum Gasteiger partial charge on any atom is -0.480 e. The van der Waals surface area contributed by atoms with Crippen LogP contribution >= 0.6 is 24.8 Å². The SMILES string of the molecule is CC(N)=NC[Si](C)(C)CC[C@H](N)C(=O)O.Cl.Cl. The summed E-state index contributed by atoms with van der Waals surface area (Å²) < 4.78 is 0. The van der Waals surface area contributed by atoms with Gasteiger partial charge in [0.05, 0.1) is 13.9 Å². The third kappa shape index (κ3) is 12.0. The van der Waals surface area contributed by atoms with Crippen molar-refractivity contribution < 1.29 is 9.90 Å². The van der Waals surface area contributed by atoms with E-state index in [0.717, 1.165) is 12.2 Å². The van der Waals surface area contributed by atoms with Gasteiger partial charge in [-0.25, -0.2) is 0 Å². The second-order valence-corrected chi connectivity index (χ2v) is 9.75. The van der Waals surface area contributed by atoms with Crippen LogP contribution in [0.1, 0.15) is 13.3 Å². The Balaban J connectivity index is -0.000000980. The number of amidine groups is 1. The number of aliphatic carboxylic acids is 1. The van der Waals surface area contributed by atoms with Gasteiger partial charge in [0.1, 0.15) is 6.04 Å². The molecule has 0 spiro atoms. The van der Waals surface area contributed by atoms with Gasteiger partial charge in [0.2, 0.25) is 0 Å². The Labute approximate surface area is 116 Å². The van der Waals surface area contributed by atoms with E-state index in [1.54, 1.807) is 6.92 Å². The van der Waals surface area contributed by atoms with E-state index in [1.807, 2.05) is 0 Å². The first-order valence-corrected chi connectivity index (χ1v) is 8.41. The van der Waals surface area contributed by atoms with Crippen LogP contribution in [0.2, 0.25) is 19.1 Å². The number of aliphatic imine (C=N–C) groups is 1. The molecule has 0 saturated carbocycles. The van der Waals surface area contributed by atoms with Gasteiger partial charge in [0.25, 0.3) is 0 Å². The molecule has 0 aromatic carbocycles. The molecule has 0 aromatic rings. The van der Waals surface area contributed by atoms with Crippen LogP contribution in [0.5, 0.6) is 0 Å². The third-order valence-electron chi connectivity index (χ3n) is 2.21. The molecule has 0 heterocycles. The summed E-state index contributed by atoms with van der Waals surface area (Å²) in [6, 6.07) is 0.108. The van der Waals surface area contributed by atoms with E-state index in [0.29, 0.717) is 12.3 Å². The molecular formula is C9H23Cl2N3O2Si. The summed E-state index contributed by atoms with van der Waals surface area (Å²) >= 11 is 0. The zero-order valence-electron chi connectivity index (χ0n) is 10.5. The van der Waals surface area contributed by atoms with Gasteiger partial charge < -0.3 is 16.6 Å². The first-order valence-electron chi connectivity index (χ1n) is 4.99. The number of carboxylic acids is 1. The van der Waals surface area contributed by atoms with Crippen LogP contribution in [0.15, 0.2) is 4.99 Å². The molecule has 0 aliphatic heterocycles. The maximum absolute atomic E-state index is 10.5. The van der Waals surface area contributed by atoms with Crippen molar-refractivity contribution in [2.45, 2.75) is 38.5 Å². The minimum atomic E-state index is -1.49. The molecule has 0 aliphatic carbocycles. The maximum atomic E-state index is 10.5. The number of nitrogens with zero attached hydrogens (tertiary/aromatic N) is 1. The molecule has 5 N–H and O–H groups in total. The second kappa shape index (κ2) is 9.70. The van der Waals surface area contributed by atoms with Crippen LogP contribution < -0.4 is 11.5 Å². The van der Waals surface area contributed by atoms with E-state index in [-0.39, 0.29) is 24.8 Å². The number of carbonyl (C=O) groups is 1. The van der Waals surface area contributed by atoms with E-state index >= 15 is 0 Å². The summed E-state index contributed by atoms with van der Waals surface area (Å²) in [6.45, 7) is 6.08. The number of hydrogen-bond donors (Lipinski definition) is 3. The van der Waals surface area contributed by atoms with Crippen molar-refractivity contribution in [1.82, 2.24) is 0 Å². The third-order valence-corrected chi connectivity index (χ3v) is 4.86. The Kier molecular flexibility index (Phi) is 12.5. The lowest BCUT2D eigenvalue weighted by Gasteiger charge is -2.20. The fraction of sp³-hybridized carbons (Fsp3) is 0.778. The van der Waals surface area contributed by atoms with Crippen molar-refractivity contribution in [1.29, 1.82) is 0 Å². The molecule has 0 aliphatic rings. The molecule has 0 aromatic heterocycles. The van der Waals surface area contributed by atoms with Crippen LogP contribution in [-0.2, 0) is 4.79 Å². The molecule has 5 nitrogen and oxygen atoms in total. The van der Waals surface area contributed by atoms with Crippen molar-refractivity contribution in [3.8, 4) is 0 Å². The first kappa shape index (κ1) is 21.9. The highest BCUT2D eigenvalue weighted by Gasteiger charge is 2.23. The summed E-state index contributed by atoms with van der Waals surface area (Å²) in [6.07, 6.45) is 1.26. The quantitative estimate of drug-likeness (QED) is 0.390. The Morgan fingerprint density at radius 2 is 1.88 bits per heavy atom. The monoisotopic (exact) mass is 303 g/mol. The second-order valence-electron chi connectivity index (χ2n) is 4.61.